The number of halogens is 1. The average Bonchev–Trinajstić information content (AvgIpc) is 2.90. The monoisotopic (exact) mass is 400 g/mol. The highest BCUT2D eigenvalue weighted by Gasteiger charge is 2.34. The third kappa shape index (κ3) is 4.78. The van der Waals surface area contributed by atoms with Crippen LogP contribution in [0.1, 0.15) is 17.5 Å². The van der Waals surface area contributed by atoms with Crippen molar-refractivity contribution < 1.29 is 14.4 Å². The van der Waals surface area contributed by atoms with E-state index in [1.807, 2.05) is 37.3 Å². The minimum atomic E-state index is -0.371. The van der Waals surface area contributed by atoms with Crippen LogP contribution in [-0.4, -0.2) is 28.5 Å². The summed E-state index contributed by atoms with van der Waals surface area (Å²) in [5.74, 6) is -0.646. The van der Waals surface area contributed by atoms with E-state index in [1.54, 1.807) is 24.3 Å². The van der Waals surface area contributed by atoms with E-state index in [1.165, 1.54) is 0 Å². The van der Waals surface area contributed by atoms with Gasteiger partial charge in [-0.3, -0.25) is 19.3 Å². The fraction of sp³-hybridized carbons (Fsp3) is 0.150. The Labute approximate surface area is 166 Å². The van der Waals surface area contributed by atoms with Crippen molar-refractivity contribution >= 4 is 52.2 Å². The molecule has 1 fully saturated rings. The molecular formula is C20H17ClN2O3S. The molecule has 2 aromatic rings. The summed E-state index contributed by atoms with van der Waals surface area (Å²) in [5.41, 5.74) is 2.32. The molecule has 7 heteroatoms. The number of benzene rings is 2. The largest absolute Gasteiger partial charge is 0.326 e. The van der Waals surface area contributed by atoms with Gasteiger partial charge in [0.25, 0.3) is 11.1 Å². The van der Waals surface area contributed by atoms with Crippen LogP contribution in [0.25, 0.3) is 6.08 Å². The molecule has 5 nitrogen and oxygen atoms in total. The van der Waals surface area contributed by atoms with Gasteiger partial charge in [-0.05, 0) is 54.1 Å². The van der Waals surface area contributed by atoms with Gasteiger partial charge in [0.2, 0.25) is 5.91 Å². The Morgan fingerprint density at radius 2 is 1.93 bits per heavy atom. The molecule has 1 N–H and O–H groups in total. The molecule has 138 valence electrons. The van der Waals surface area contributed by atoms with Crippen LogP contribution in [0.2, 0.25) is 5.02 Å². The van der Waals surface area contributed by atoms with Gasteiger partial charge in [-0.15, -0.1) is 0 Å². The molecular weight excluding hydrogens is 384 g/mol. The predicted molar refractivity (Wildman–Crippen MR) is 109 cm³/mol. The topological polar surface area (TPSA) is 66.5 Å². The van der Waals surface area contributed by atoms with E-state index in [0.717, 1.165) is 27.8 Å². The molecule has 1 saturated heterocycles. The van der Waals surface area contributed by atoms with E-state index >= 15 is 0 Å². The highest BCUT2D eigenvalue weighted by Crippen LogP contribution is 2.32. The van der Waals surface area contributed by atoms with Crippen molar-refractivity contribution in [1.29, 1.82) is 0 Å². The lowest BCUT2D eigenvalue weighted by Gasteiger charge is -2.12. The summed E-state index contributed by atoms with van der Waals surface area (Å²) in [6, 6.07) is 14.5. The van der Waals surface area contributed by atoms with E-state index < -0.39 is 0 Å². The van der Waals surface area contributed by atoms with Crippen LogP contribution >= 0.6 is 23.4 Å². The van der Waals surface area contributed by atoms with Crippen molar-refractivity contribution in [2.75, 3.05) is 11.9 Å². The molecule has 0 bridgehead atoms. The van der Waals surface area contributed by atoms with Gasteiger partial charge in [-0.2, -0.15) is 0 Å². The summed E-state index contributed by atoms with van der Waals surface area (Å²) < 4.78 is 0. The van der Waals surface area contributed by atoms with E-state index in [9.17, 15) is 14.4 Å². The number of hydrogen-bond acceptors (Lipinski definition) is 4. The van der Waals surface area contributed by atoms with Gasteiger partial charge in [0.15, 0.2) is 0 Å². The molecule has 0 atom stereocenters. The van der Waals surface area contributed by atoms with E-state index in [4.69, 9.17) is 11.6 Å². The fourth-order valence-corrected chi connectivity index (χ4v) is 3.54. The zero-order valence-corrected chi connectivity index (χ0v) is 16.1. The first-order valence-electron chi connectivity index (χ1n) is 8.30. The lowest BCUT2D eigenvalue weighted by molar-refractivity contribution is -0.123. The van der Waals surface area contributed by atoms with Gasteiger partial charge < -0.3 is 5.32 Å². The van der Waals surface area contributed by atoms with Crippen LogP contribution in [-0.2, 0) is 9.59 Å². The Morgan fingerprint density at radius 3 is 2.63 bits per heavy atom. The second-order valence-electron chi connectivity index (χ2n) is 6.01. The molecule has 1 aliphatic rings. The molecule has 0 aliphatic carbocycles. The van der Waals surface area contributed by atoms with Gasteiger partial charge in [0, 0.05) is 23.7 Å². The molecule has 2 aromatic carbocycles. The molecule has 0 unspecified atom stereocenters. The van der Waals surface area contributed by atoms with Gasteiger partial charge >= 0.3 is 0 Å². The number of carbonyl (C=O) groups is 3. The van der Waals surface area contributed by atoms with Gasteiger partial charge in [-0.1, -0.05) is 41.9 Å². The Morgan fingerprint density at radius 1 is 1.19 bits per heavy atom. The molecule has 3 amide bonds. The second-order valence-corrected chi connectivity index (χ2v) is 7.41. The van der Waals surface area contributed by atoms with Gasteiger partial charge in [0.05, 0.1) is 4.91 Å². The molecule has 1 heterocycles. The van der Waals surface area contributed by atoms with Crippen molar-refractivity contribution in [2.45, 2.75) is 13.3 Å². The maximum atomic E-state index is 12.4. The summed E-state index contributed by atoms with van der Waals surface area (Å²) in [6.45, 7) is 1.88. The summed E-state index contributed by atoms with van der Waals surface area (Å²) in [4.78, 5) is 38.2. The molecule has 27 heavy (non-hydrogen) atoms. The summed E-state index contributed by atoms with van der Waals surface area (Å²) in [7, 11) is 0. The number of nitrogens with zero attached hydrogens (tertiary/aromatic N) is 1. The predicted octanol–water partition coefficient (Wildman–Crippen LogP) is 4.71. The smallest absolute Gasteiger partial charge is 0.293 e. The standard InChI is InChI=1S/C20H17ClN2O3S/c1-13-11-15(7-8-16(13)21)22-18(24)9-10-23-19(25)17(27-20(23)26)12-14-5-3-2-4-6-14/h2-8,11-12H,9-10H2,1H3,(H,22,24)/b17-12-. The summed E-state index contributed by atoms with van der Waals surface area (Å²) in [6.07, 6.45) is 1.71. The number of aryl methyl sites for hydroxylation is 1. The number of hydrogen-bond donors (Lipinski definition) is 1. The summed E-state index contributed by atoms with van der Waals surface area (Å²) in [5, 5.41) is 3.00. The number of imide groups is 1. The normalized spacial score (nSPS) is 15.5. The molecule has 0 radical (unpaired) electrons. The first kappa shape index (κ1) is 19.2. The lowest BCUT2D eigenvalue weighted by Crippen LogP contribution is -2.31. The zero-order valence-electron chi connectivity index (χ0n) is 14.6. The van der Waals surface area contributed by atoms with Crippen LogP contribution in [0.3, 0.4) is 0 Å². The molecule has 1 aliphatic heterocycles. The first-order valence-corrected chi connectivity index (χ1v) is 9.50. The van der Waals surface area contributed by atoms with Crippen LogP contribution < -0.4 is 5.32 Å². The molecule has 0 spiro atoms. The number of carbonyl (C=O) groups excluding carboxylic acids is 3. The minimum absolute atomic E-state index is 0.0261. The van der Waals surface area contributed by atoms with E-state index in [2.05, 4.69) is 5.32 Å². The molecule has 0 aromatic heterocycles. The molecule has 0 saturated carbocycles. The Bertz CT molecular complexity index is 928. The highest BCUT2D eigenvalue weighted by atomic mass is 35.5. The number of rotatable bonds is 5. The highest BCUT2D eigenvalue weighted by molar-refractivity contribution is 8.18. The van der Waals surface area contributed by atoms with Crippen LogP contribution in [0, 0.1) is 6.92 Å². The maximum absolute atomic E-state index is 12.4. The second kappa shape index (κ2) is 8.41. The van der Waals surface area contributed by atoms with Crippen molar-refractivity contribution in [1.82, 2.24) is 4.90 Å². The Kier molecular flexibility index (Phi) is 5.98. The Hall–Kier alpha value is -2.57. The van der Waals surface area contributed by atoms with Gasteiger partial charge in [0.1, 0.15) is 0 Å². The number of anilines is 1. The third-order valence-electron chi connectivity index (χ3n) is 3.98. The van der Waals surface area contributed by atoms with Crippen LogP contribution in [0.5, 0.6) is 0 Å². The van der Waals surface area contributed by atoms with Crippen molar-refractivity contribution in [3.8, 4) is 0 Å². The SMILES string of the molecule is Cc1cc(NC(=O)CCN2C(=O)S/C(=C\c3ccccc3)C2=O)ccc1Cl. The average molecular weight is 401 g/mol. The Balaban J connectivity index is 1.59. The van der Waals surface area contributed by atoms with E-state index in [0.29, 0.717) is 15.6 Å². The zero-order chi connectivity index (χ0) is 19.4. The first-order chi connectivity index (χ1) is 12.9. The van der Waals surface area contributed by atoms with Gasteiger partial charge in [-0.25, -0.2) is 0 Å². The molecule has 3 rings (SSSR count). The van der Waals surface area contributed by atoms with Crippen molar-refractivity contribution in [2.24, 2.45) is 0 Å². The number of thioether (sulfide) groups is 1. The number of amides is 3. The third-order valence-corrected chi connectivity index (χ3v) is 5.31. The lowest BCUT2D eigenvalue weighted by atomic mass is 10.2. The fourth-order valence-electron chi connectivity index (χ4n) is 2.55. The van der Waals surface area contributed by atoms with E-state index in [-0.39, 0.29) is 30.0 Å². The van der Waals surface area contributed by atoms with Crippen molar-refractivity contribution in [3.05, 3.63) is 69.6 Å². The number of nitrogens with one attached hydrogen (secondary N) is 1. The minimum Gasteiger partial charge on any atom is -0.326 e. The van der Waals surface area contributed by atoms with Crippen LogP contribution in [0.4, 0.5) is 10.5 Å². The quantitative estimate of drug-likeness (QED) is 0.738. The summed E-state index contributed by atoms with van der Waals surface area (Å²) >= 11 is 6.85. The van der Waals surface area contributed by atoms with Crippen molar-refractivity contribution in [3.63, 3.8) is 0 Å². The maximum Gasteiger partial charge on any atom is 0.293 e. The van der Waals surface area contributed by atoms with Crippen LogP contribution in [0.15, 0.2) is 53.4 Å².